The van der Waals surface area contributed by atoms with E-state index in [1.807, 2.05) is 6.20 Å². The number of likely N-dealkylation sites (tertiary alicyclic amines) is 1. The van der Waals surface area contributed by atoms with E-state index in [0.717, 1.165) is 13.1 Å². The average Bonchev–Trinajstić information content (AvgIpc) is 2.05. The van der Waals surface area contributed by atoms with E-state index >= 15 is 0 Å². The van der Waals surface area contributed by atoms with Gasteiger partial charge >= 0.3 is 0 Å². The van der Waals surface area contributed by atoms with Crippen molar-refractivity contribution in [1.82, 2.24) is 4.90 Å². The number of aliphatic hydroxyl groups is 1. The van der Waals surface area contributed by atoms with Gasteiger partial charge in [0, 0.05) is 19.7 Å². The van der Waals surface area contributed by atoms with Crippen molar-refractivity contribution >= 4 is 0 Å². The second kappa shape index (κ2) is 3.62. The summed E-state index contributed by atoms with van der Waals surface area (Å²) >= 11 is 0. The molecule has 0 spiro atoms. The number of hydrogen-bond donors (Lipinski definition) is 1. The van der Waals surface area contributed by atoms with Gasteiger partial charge in [-0.1, -0.05) is 6.58 Å². The van der Waals surface area contributed by atoms with Gasteiger partial charge in [-0.2, -0.15) is 0 Å². The summed E-state index contributed by atoms with van der Waals surface area (Å²) in [6, 6.07) is 0. The van der Waals surface area contributed by atoms with Crippen molar-refractivity contribution in [2.45, 2.75) is 12.8 Å². The zero-order valence-corrected chi connectivity index (χ0v) is 6.29. The third-order valence-electron chi connectivity index (χ3n) is 2.07. The predicted molar refractivity (Wildman–Crippen MR) is 41.6 cm³/mol. The maximum atomic E-state index is 8.84. The highest BCUT2D eigenvalue weighted by atomic mass is 16.3. The second-order valence-electron chi connectivity index (χ2n) is 2.87. The first-order chi connectivity index (χ1) is 4.86. The van der Waals surface area contributed by atoms with Gasteiger partial charge < -0.3 is 10.0 Å². The Kier molecular flexibility index (Phi) is 2.75. The highest BCUT2D eigenvalue weighted by molar-refractivity contribution is 4.78. The van der Waals surface area contributed by atoms with Crippen LogP contribution in [0.15, 0.2) is 12.8 Å². The van der Waals surface area contributed by atoms with Crippen LogP contribution in [0.5, 0.6) is 0 Å². The molecule has 1 heterocycles. The molecule has 0 radical (unpaired) electrons. The molecule has 10 heavy (non-hydrogen) atoms. The standard InChI is InChI=1S/C8H15NO/c1-2-9-5-3-4-8(6-9)7-10/h2,8,10H,1,3-7H2. The van der Waals surface area contributed by atoms with Gasteiger partial charge in [0.05, 0.1) is 0 Å². The lowest BCUT2D eigenvalue weighted by Crippen LogP contribution is -2.32. The molecule has 0 saturated carbocycles. The molecule has 0 aliphatic carbocycles. The first-order valence-electron chi connectivity index (χ1n) is 3.84. The number of rotatable bonds is 2. The lowest BCUT2D eigenvalue weighted by atomic mass is 10.00. The van der Waals surface area contributed by atoms with Crippen LogP contribution in [0, 0.1) is 5.92 Å². The van der Waals surface area contributed by atoms with E-state index in [0.29, 0.717) is 12.5 Å². The van der Waals surface area contributed by atoms with Crippen molar-refractivity contribution in [3.05, 3.63) is 12.8 Å². The lowest BCUT2D eigenvalue weighted by Gasteiger charge is -2.30. The zero-order chi connectivity index (χ0) is 7.40. The quantitative estimate of drug-likeness (QED) is 0.616. The van der Waals surface area contributed by atoms with Crippen LogP contribution in [0.3, 0.4) is 0 Å². The van der Waals surface area contributed by atoms with Crippen molar-refractivity contribution in [3.63, 3.8) is 0 Å². The molecule has 1 rings (SSSR count). The number of nitrogens with zero attached hydrogens (tertiary/aromatic N) is 1. The molecule has 1 aliphatic heterocycles. The van der Waals surface area contributed by atoms with Gasteiger partial charge in [0.25, 0.3) is 0 Å². The molecule has 1 N–H and O–H groups in total. The first kappa shape index (κ1) is 7.61. The van der Waals surface area contributed by atoms with Crippen LogP contribution < -0.4 is 0 Å². The van der Waals surface area contributed by atoms with E-state index < -0.39 is 0 Å². The smallest absolute Gasteiger partial charge is 0.0476 e. The summed E-state index contributed by atoms with van der Waals surface area (Å²) in [5.74, 6) is 0.478. The van der Waals surface area contributed by atoms with E-state index in [-0.39, 0.29) is 0 Å². The van der Waals surface area contributed by atoms with E-state index in [9.17, 15) is 0 Å². The summed E-state index contributed by atoms with van der Waals surface area (Å²) in [4.78, 5) is 2.17. The van der Waals surface area contributed by atoms with E-state index in [1.165, 1.54) is 12.8 Å². The van der Waals surface area contributed by atoms with Crippen molar-refractivity contribution in [2.24, 2.45) is 5.92 Å². The number of piperidine rings is 1. The van der Waals surface area contributed by atoms with E-state index in [2.05, 4.69) is 11.5 Å². The van der Waals surface area contributed by atoms with Crippen LogP contribution in [-0.4, -0.2) is 29.7 Å². The third kappa shape index (κ3) is 1.74. The molecule has 1 aliphatic rings. The Labute approximate surface area is 62.2 Å². The third-order valence-corrected chi connectivity index (χ3v) is 2.07. The van der Waals surface area contributed by atoms with Gasteiger partial charge in [0.15, 0.2) is 0 Å². The van der Waals surface area contributed by atoms with Gasteiger partial charge in [-0.05, 0) is 25.0 Å². The maximum absolute atomic E-state index is 8.84. The Bertz CT molecular complexity index is 114. The summed E-state index contributed by atoms with van der Waals surface area (Å²) < 4.78 is 0. The molecule has 1 atom stereocenters. The molecule has 58 valence electrons. The zero-order valence-electron chi connectivity index (χ0n) is 6.29. The van der Waals surface area contributed by atoms with Crippen LogP contribution in [0.1, 0.15) is 12.8 Å². The van der Waals surface area contributed by atoms with Crippen molar-refractivity contribution in [2.75, 3.05) is 19.7 Å². The van der Waals surface area contributed by atoms with Crippen LogP contribution >= 0.6 is 0 Å². The van der Waals surface area contributed by atoms with Crippen LogP contribution in [0.25, 0.3) is 0 Å². The normalized spacial score (nSPS) is 26.5. The fourth-order valence-corrected chi connectivity index (χ4v) is 1.41. The molecule has 0 aromatic carbocycles. The fraction of sp³-hybridized carbons (Fsp3) is 0.750. The summed E-state index contributed by atoms with van der Waals surface area (Å²) in [5, 5.41) is 8.84. The minimum atomic E-state index is 0.324. The molecule has 0 aromatic rings. The minimum Gasteiger partial charge on any atom is -0.396 e. The Morgan fingerprint density at radius 1 is 1.70 bits per heavy atom. The van der Waals surface area contributed by atoms with Gasteiger partial charge in [0.1, 0.15) is 0 Å². The van der Waals surface area contributed by atoms with E-state index in [1.54, 1.807) is 0 Å². The van der Waals surface area contributed by atoms with Crippen molar-refractivity contribution in [3.8, 4) is 0 Å². The fourth-order valence-electron chi connectivity index (χ4n) is 1.41. The molecule has 0 aromatic heterocycles. The second-order valence-corrected chi connectivity index (χ2v) is 2.87. The summed E-state index contributed by atoms with van der Waals surface area (Å²) in [7, 11) is 0. The Morgan fingerprint density at radius 2 is 2.50 bits per heavy atom. The molecular weight excluding hydrogens is 126 g/mol. The molecule has 1 fully saturated rings. The molecule has 0 amide bonds. The van der Waals surface area contributed by atoms with E-state index in [4.69, 9.17) is 5.11 Å². The molecule has 0 bridgehead atoms. The van der Waals surface area contributed by atoms with Crippen LogP contribution in [-0.2, 0) is 0 Å². The van der Waals surface area contributed by atoms with Gasteiger partial charge in [-0.3, -0.25) is 0 Å². The van der Waals surface area contributed by atoms with Crippen LogP contribution in [0.4, 0.5) is 0 Å². The topological polar surface area (TPSA) is 23.5 Å². The first-order valence-corrected chi connectivity index (χ1v) is 3.84. The minimum absolute atomic E-state index is 0.324. The Morgan fingerprint density at radius 3 is 3.10 bits per heavy atom. The molecular formula is C8H15NO. The largest absolute Gasteiger partial charge is 0.396 e. The summed E-state index contributed by atoms with van der Waals surface area (Å²) in [6.45, 7) is 6.12. The maximum Gasteiger partial charge on any atom is 0.0476 e. The molecule has 1 unspecified atom stereocenters. The summed E-state index contributed by atoms with van der Waals surface area (Å²) in [6.07, 6.45) is 4.22. The monoisotopic (exact) mass is 141 g/mol. The molecule has 2 heteroatoms. The van der Waals surface area contributed by atoms with Crippen molar-refractivity contribution in [1.29, 1.82) is 0 Å². The Hall–Kier alpha value is -0.500. The highest BCUT2D eigenvalue weighted by Crippen LogP contribution is 2.14. The SMILES string of the molecule is C=CN1CCCC(CO)C1. The van der Waals surface area contributed by atoms with Crippen molar-refractivity contribution < 1.29 is 5.11 Å². The lowest BCUT2D eigenvalue weighted by molar-refractivity contribution is 0.150. The number of hydrogen-bond acceptors (Lipinski definition) is 2. The predicted octanol–water partition coefficient (Wildman–Crippen LogP) is 0.834. The van der Waals surface area contributed by atoms with Gasteiger partial charge in [0.2, 0.25) is 0 Å². The summed E-state index contributed by atoms with van der Waals surface area (Å²) in [5.41, 5.74) is 0. The number of aliphatic hydroxyl groups excluding tert-OH is 1. The highest BCUT2D eigenvalue weighted by Gasteiger charge is 2.15. The molecule has 1 saturated heterocycles. The molecule has 2 nitrogen and oxygen atoms in total. The van der Waals surface area contributed by atoms with Crippen LogP contribution in [0.2, 0.25) is 0 Å². The average molecular weight is 141 g/mol. The van der Waals surface area contributed by atoms with Gasteiger partial charge in [-0.15, -0.1) is 0 Å². The van der Waals surface area contributed by atoms with Gasteiger partial charge in [-0.25, -0.2) is 0 Å². The Balaban J connectivity index is 2.31.